The number of benzene rings is 2. The normalized spacial score (nSPS) is 10.3. The maximum atomic E-state index is 11.4. The number of nitrogens with zero attached hydrogens (tertiary/aromatic N) is 4. The molecular weight excluding hydrogens is 404 g/mol. The Labute approximate surface area is 169 Å². The summed E-state index contributed by atoms with van der Waals surface area (Å²) in [5.74, 6) is 0.311. The van der Waals surface area contributed by atoms with Crippen LogP contribution in [-0.2, 0) is 0 Å². The number of halogens is 1. The summed E-state index contributed by atoms with van der Waals surface area (Å²) in [6.45, 7) is 0. The van der Waals surface area contributed by atoms with Crippen molar-refractivity contribution in [1.29, 1.82) is 5.26 Å². The Bertz CT molecular complexity index is 1140. The Morgan fingerprint density at radius 1 is 1.17 bits per heavy atom. The molecule has 0 spiro atoms. The van der Waals surface area contributed by atoms with Gasteiger partial charge in [-0.15, -0.1) is 0 Å². The monoisotopic (exact) mass is 416 g/mol. The molecule has 0 aliphatic rings. The highest BCUT2D eigenvalue weighted by Crippen LogP contribution is 2.47. The van der Waals surface area contributed by atoms with E-state index in [1.807, 2.05) is 6.07 Å². The fourth-order valence-electron chi connectivity index (χ4n) is 2.65. The van der Waals surface area contributed by atoms with Crippen LogP contribution in [0.1, 0.15) is 5.56 Å². The lowest BCUT2D eigenvalue weighted by molar-refractivity contribution is -0.385. The quantitative estimate of drug-likeness (QED) is 0.433. The Kier molecular flexibility index (Phi) is 5.52. The Hall–Kier alpha value is -3.84. The lowest BCUT2D eigenvalue weighted by atomic mass is 10.1. The third-order valence-corrected chi connectivity index (χ3v) is 4.37. The van der Waals surface area contributed by atoms with Crippen LogP contribution in [0, 0.1) is 21.4 Å². The van der Waals surface area contributed by atoms with Gasteiger partial charge in [0.05, 0.1) is 42.4 Å². The molecule has 0 N–H and O–H groups in total. The number of nitro groups is 1. The summed E-state index contributed by atoms with van der Waals surface area (Å²) in [5, 5.41) is 24.4. The van der Waals surface area contributed by atoms with Crippen LogP contribution in [0.15, 0.2) is 28.8 Å². The summed E-state index contributed by atoms with van der Waals surface area (Å²) < 4.78 is 20.7. The molecule has 29 heavy (non-hydrogen) atoms. The van der Waals surface area contributed by atoms with Crippen molar-refractivity contribution in [2.75, 3.05) is 21.3 Å². The molecule has 0 aliphatic heterocycles. The Balaban J connectivity index is 2.13. The van der Waals surface area contributed by atoms with E-state index in [0.717, 1.165) is 0 Å². The minimum Gasteiger partial charge on any atom is -0.495 e. The van der Waals surface area contributed by atoms with E-state index in [2.05, 4.69) is 10.1 Å². The van der Waals surface area contributed by atoms with Crippen LogP contribution in [0.5, 0.6) is 17.2 Å². The smallest absolute Gasteiger partial charge is 0.315 e. The van der Waals surface area contributed by atoms with Gasteiger partial charge in [-0.05, 0) is 18.2 Å². The third kappa shape index (κ3) is 3.51. The van der Waals surface area contributed by atoms with E-state index < -0.39 is 4.92 Å². The number of methoxy groups -OCH3 is 3. The summed E-state index contributed by atoms with van der Waals surface area (Å²) in [5.41, 5.74) is 0.597. The van der Waals surface area contributed by atoms with Crippen molar-refractivity contribution in [3.8, 4) is 46.2 Å². The molecular formula is C18H13ClN4O6. The van der Waals surface area contributed by atoms with Crippen molar-refractivity contribution in [3.05, 3.63) is 45.0 Å². The first-order valence-electron chi connectivity index (χ1n) is 7.96. The van der Waals surface area contributed by atoms with Crippen LogP contribution in [0.25, 0.3) is 22.8 Å². The van der Waals surface area contributed by atoms with Gasteiger partial charge in [-0.2, -0.15) is 10.2 Å². The standard InChI is InChI=1S/C18H13ClN4O6/c1-26-13-6-9(4-5-10(13)8-20)17-21-18(29-22-17)11-7-12(23(24)25)15(27-2)16(28-3)14(11)19/h4-7H,1-3H3. The maximum absolute atomic E-state index is 11.4. The largest absolute Gasteiger partial charge is 0.495 e. The average molecular weight is 417 g/mol. The summed E-state index contributed by atoms with van der Waals surface area (Å²) in [6, 6.07) is 7.92. The molecule has 0 aliphatic carbocycles. The molecule has 0 unspecified atom stereocenters. The molecule has 3 rings (SSSR count). The van der Waals surface area contributed by atoms with E-state index in [4.69, 9.17) is 35.6 Å². The van der Waals surface area contributed by atoms with Crippen LogP contribution >= 0.6 is 11.6 Å². The van der Waals surface area contributed by atoms with Crippen LogP contribution < -0.4 is 14.2 Å². The first-order valence-corrected chi connectivity index (χ1v) is 8.34. The first-order chi connectivity index (χ1) is 13.9. The maximum Gasteiger partial charge on any atom is 0.315 e. The number of hydrogen-bond donors (Lipinski definition) is 0. The molecule has 1 heterocycles. The van der Waals surface area contributed by atoms with Crippen molar-refractivity contribution < 1.29 is 23.7 Å². The molecule has 0 amide bonds. The lowest BCUT2D eigenvalue weighted by Gasteiger charge is -2.11. The van der Waals surface area contributed by atoms with Gasteiger partial charge in [0.1, 0.15) is 11.8 Å². The van der Waals surface area contributed by atoms with Crippen LogP contribution in [0.2, 0.25) is 5.02 Å². The number of ether oxygens (including phenoxy) is 3. The lowest BCUT2D eigenvalue weighted by Crippen LogP contribution is -1.99. The minimum absolute atomic E-state index is 0.0163. The molecule has 2 aromatic carbocycles. The molecule has 0 saturated carbocycles. The van der Waals surface area contributed by atoms with Gasteiger partial charge in [-0.25, -0.2) is 0 Å². The van der Waals surface area contributed by atoms with E-state index >= 15 is 0 Å². The van der Waals surface area contributed by atoms with Crippen molar-refractivity contribution >= 4 is 17.3 Å². The first kappa shape index (κ1) is 19.9. The molecule has 11 heteroatoms. The zero-order valence-corrected chi connectivity index (χ0v) is 16.2. The second-order valence-corrected chi connectivity index (χ2v) is 5.91. The summed E-state index contributed by atoms with van der Waals surface area (Å²) in [6.07, 6.45) is 0. The predicted molar refractivity (Wildman–Crippen MR) is 101 cm³/mol. The highest BCUT2D eigenvalue weighted by Gasteiger charge is 2.28. The second kappa shape index (κ2) is 8.04. The summed E-state index contributed by atoms with van der Waals surface area (Å²) in [4.78, 5) is 15.0. The van der Waals surface area contributed by atoms with Gasteiger partial charge in [0, 0.05) is 11.6 Å². The summed E-state index contributed by atoms with van der Waals surface area (Å²) >= 11 is 6.34. The van der Waals surface area contributed by atoms with Gasteiger partial charge in [-0.3, -0.25) is 10.1 Å². The van der Waals surface area contributed by atoms with E-state index in [-0.39, 0.29) is 39.5 Å². The number of nitro benzene ring substituents is 1. The van der Waals surface area contributed by atoms with Gasteiger partial charge in [0.25, 0.3) is 5.89 Å². The molecule has 0 fully saturated rings. The Morgan fingerprint density at radius 3 is 2.48 bits per heavy atom. The van der Waals surface area contributed by atoms with Gasteiger partial charge < -0.3 is 18.7 Å². The molecule has 3 aromatic rings. The zero-order valence-electron chi connectivity index (χ0n) is 15.4. The van der Waals surface area contributed by atoms with E-state index in [1.54, 1.807) is 18.2 Å². The SMILES string of the molecule is COc1cc(-c2noc(-c3cc([N+](=O)[O-])c(OC)c(OC)c3Cl)n2)ccc1C#N. The summed E-state index contributed by atoms with van der Waals surface area (Å²) in [7, 11) is 4.01. The van der Waals surface area contributed by atoms with Gasteiger partial charge in [0.15, 0.2) is 5.75 Å². The topological polar surface area (TPSA) is 134 Å². The minimum atomic E-state index is -0.635. The van der Waals surface area contributed by atoms with E-state index in [0.29, 0.717) is 16.9 Å². The van der Waals surface area contributed by atoms with Gasteiger partial charge in [0.2, 0.25) is 11.6 Å². The number of hydrogen-bond acceptors (Lipinski definition) is 9. The third-order valence-electron chi connectivity index (χ3n) is 4.00. The van der Waals surface area contributed by atoms with Crippen LogP contribution in [0.4, 0.5) is 5.69 Å². The van der Waals surface area contributed by atoms with Crippen molar-refractivity contribution in [1.82, 2.24) is 10.1 Å². The highest BCUT2D eigenvalue weighted by molar-refractivity contribution is 6.35. The molecule has 0 radical (unpaired) electrons. The number of aromatic nitrogens is 2. The van der Waals surface area contributed by atoms with E-state index in [1.165, 1.54) is 27.4 Å². The predicted octanol–water partition coefficient (Wildman–Crippen LogP) is 3.86. The Morgan fingerprint density at radius 2 is 1.90 bits per heavy atom. The molecule has 0 atom stereocenters. The number of rotatable bonds is 6. The van der Waals surface area contributed by atoms with Crippen LogP contribution in [-0.4, -0.2) is 36.4 Å². The van der Waals surface area contributed by atoms with Crippen molar-refractivity contribution in [3.63, 3.8) is 0 Å². The highest BCUT2D eigenvalue weighted by atomic mass is 35.5. The molecule has 0 saturated heterocycles. The molecule has 10 nitrogen and oxygen atoms in total. The van der Waals surface area contributed by atoms with E-state index in [9.17, 15) is 10.1 Å². The van der Waals surface area contributed by atoms with Crippen molar-refractivity contribution in [2.24, 2.45) is 0 Å². The molecule has 1 aromatic heterocycles. The van der Waals surface area contributed by atoms with Crippen LogP contribution in [0.3, 0.4) is 0 Å². The second-order valence-electron chi connectivity index (χ2n) is 5.53. The fraction of sp³-hybridized carbons (Fsp3) is 0.167. The van der Waals surface area contributed by atoms with Gasteiger partial charge in [-0.1, -0.05) is 16.8 Å². The molecule has 0 bridgehead atoms. The zero-order chi connectivity index (χ0) is 21.1. The number of nitriles is 1. The van der Waals surface area contributed by atoms with Crippen molar-refractivity contribution in [2.45, 2.75) is 0 Å². The molecule has 148 valence electrons. The average Bonchev–Trinajstić information content (AvgIpc) is 3.22. The van der Waals surface area contributed by atoms with Gasteiger partial charge >= 0.3 is 5.69 Å². The fourth-order valence-corrected chi connectivity index (χ4v) is 2.95.